The third-order valence-corrected chi connectivity index (χ3v) is 2.19. The van der Waals surface area contributed by atoms with E-state index in [2.05, 4.69) is 15.3 Å². The van der Waals surface area contributed by atoms with Gasteiger partial charge in [-0.25, -0.2) is 9.97 Å². The molecule has 0 radical (unpaired) electrons. The van der Waals surface area contributed by atoms with Crippen molar-refractivity contribution in [3.05, 3.63) is 30.2 Å². The molecule has 20 heavy (non-hydrogen) atoms. The van der Waals surface area contributed by atoms with Crippen LogP contribution in [0.3, 0.4) is 0 Å². The van der Waals surface area contributed by atoms with Crippen LogP contribution < -0.4 is 5.32 Å². The van der Waals surface area contributed by atoms with E-state index in [1.54, 1.807) is 0 Å². The number of furan rings is 1. The summed E-state index contributed by atoms with van der Waals surface area (Å²) in [7, 11) is 0. The Hall–Kier alpha value is -2.58. The second kappa shape index (κ2) is 5.19. The van der Waals surface area contributed by atoms with Crippen molar-refractivity contribution in [2.45, 2.75) is 6.18 Å². The van der Waals surface area contributed by atoms with Gasteiger partial charge in [-0.05, 0) is 18.2 Å². The first-order chi connectivity index (χ1) is 9.36. The van der Waals surface area contributed by atoms with Crippen molar-refractivity contribution in [1.29, 1.82) is 0 Å². The molecule has 0 aliphatic carbocycles. The number of nitrogens with zero attached hydrogens (tertiary/aromatic N) is 2. The second-order valence-corrected chi connectivity index (χ2v) is 3.68. The summed E-state index contributed by atoms with van der Waals surface area (Å²) in [4.78, 5) is 17.4. The largest absolute Gasteiger partial charge is 0.480 e. The zero-order valence-corrected chi connectivity index (χ0v) is 9.81. The number of nitrogens with one attached hydrogen (secondary N) is 1. The molecule has 0 spiro atoms. The first-order valence-corrected chi connectivity index (χ1v) is 5.32. The van der Waals surface area contributed by atoms with Crippen LogP contribution in [0, 0.1) is 0 Å². The first-order valence-electron chi connectivity index (χ1n) is 5.32. The Bertz CT molecular complexity index is 611. The zero-order valence-electron chi connectivity index (χ0n) is 9.81. The average Bonchev–Trinajstić information content (AvgIpc) is 2.89. The van der Waals surface area contributed by atoms with Gasteiger partial charge in [0.25, 0.3) is 0 Å². The van der Waals surface area contributed by atoms with Crippen LogP contribution >= 0.6 is 0 Å². The van der Waals surface area contributed by atoms with E-state index in [0.29, 0.717) is 0 Å². The number of carboxylic acids is 1. The monoisotopic (exact) mass is 287 g/mol. The third-order valence-electron chi connectivity index (χ3n) is 2.19. The molecule has 2 N–H and O–H groups in total. The summed E-state index contributed by atoms with van der Waals surface area (Å²) in [5.74, 6) is -1.56. The van der Waals surface area contributed by atoms with Crippen molar-refractivity contribution in [2.24, 2.45) is 0 Å². The Morgan fingerprint density at radius 1 is 1.40 bits per heavy atom. The fraction of sp³-hybridized carbons (Fsp3) is 0.182. The highest BCUT2D eigenvalue weighted by Crippen LogP contribution is 2.31. The molecule has 0 atom stereocenters. The maximum Gasteiger partial charge on any atom is 0.433 e. The molecule has 2 aromatic heterocycles. The predicted octanol–water partition coefficient (Wildman–Crippen LogP) is 2.25. The van der Waals surface area contributed by atoms with Gasteiger partial charge in [0.2, 0.25) is 5.95 Å². The summed E-state index contributed by atoms with van der Waals surface area (Å²) >= 11 is 0. The van der Waals surface area contributed by atoms with Gasteiger partial charge in [0, 0.05) is 0 Å². The number of carboxylic acid groups (broad SMARTS) is 1. The second-order valence-electron chi connectivity index (χ2n) is 3.68. The summed E-state index contributed by atoms with van der Waals surface area (Å²) in [6.07, 6.45) is -3.39. The minimum Gasteiger partial charge on any atom is -0.480 e. The van der Waals surface area contributed by atoms with E-state index in [-0.39, 0.29) is 11.5 Å². The van der Waals surface area contributed by atoms with Crippen molar-refractivity contribution < 1.29 is 27.5 Å². The zero-order chi connectivity index (χ0) is 14.8. The standard InChI is InChI=1S/C11H8F3N3O3/c12-11(13,14)8-4-6(7-2-1-3-20-7)16-10(17-8)15-5-9(18)19/h1-4H,5H2,(H,18,19)(H,15,16,17). The van der Waals surface area contributed by atoms with Gasteiger partial charge in [-0.15, -0.1) is 0 Å². The van der Waals surface area contributed by atoms with Crippen molar-refractivity contribution in [1.82, 2.24) is 9.97 Å². The topological polar surface area (TPSA) is 88.2 Å². The number of halogens is 3. The fourth-order valence-corrected chi connectivity index (χ4v) is 1.38. The Morgan fingerprint density at radius 3 is 2.70 bits per heavy atom. The van der Waals surface area contributed by atoms with E-state index in [9.17, 15) is 18.0 Å². The Kier molecular flexibility index (Phi) is 3.59. The van der Waals surface area contributed by atoms with Gasteiger partial charge in [-0.3, -0.25) is 4.79 Å². The number of aliphatic carboxylic acids is 1. The number of hydrogen-bond donors (Lipinski definition) is 2. The van der Waals surface area contributed by atoms with Gasteiger partial charge in [-0.2, -0.15) is 13.2 Å². The highest BCUT2D eigenvalue weighted by atomic mass is 19.4. The number of alkyl halides is 3. The van der Waals surface area contributed by atoms with Crippen LogP contribution in [0.5, 0.6) is 0 Å². The molecule has 2 rings (SSSR count). The molecule has 0 unspecified atom stereocenters. The maximum atomic E-state index is 12.7. The molecule has 0 saturated heterocycles. The molecule has 106 valence electrons. The summed E-state index contributed by atoms with van der Waals surface area (Å²) in [6.45, 7) is -0.598. The lowest BCUT2D eigenvalue weighted by molar-refractivity contribution is -0.141. The molecule has 0 amide bonds. The van der Waals surface area contributed by atoms with Crippen LogP contribution in [0.2, 0.25) is 0 Å². The number of carbonyl (C=O) groups is 1. The Balaban J connectivity index is 2.42. The fourth-order valence-electron chi connectivity index (χ4n) is 1.38. The molecule has 2 aromatic rings. The van der Waals surface area contributed by atoms with E-state index in [0.717, 1.165) is 6.07 Å². The molecule has 6 nitrogen and oxygen atoms in total. The van der Waals surface area contributed by atoms with Gasteiger partial charge in [-0.1, -0.05) is 0 Å². The lowest BCUT2D eigenvalue weighted by Gasteiger charge is -2.09. The molecular weight excluding hydrogens is 279 g/mol. The van der Waals surface area contributed by atoms with Gasteiger partial charge in [0.05, 0.1) is 6.26 Å². The molecule has 0 aromatic carbocycles. The number of anilines is 1. The smallest absolute Gasteiger partial charge is 0.433 e. The van der Waals surface area contributed by atoms with E-state index in [4.69, 9.17) is 9.52 Å². The SMILES string of the molecule is O=C(O)CNc1nc(-c2ccco2)cc(C(F)(F)F)n1. The number of hydrogen-bond acceptors (Lipinski definition) is 5. The van der Waals surface area contributed by atoms with Crippen molar-refractivity contribution in [3.63, 3.8) is 0 Å². The predicted molar refractivity (Wildman–Crippen MR) is 60.9 cm³/mol. The quantitative estimate of drug-likeness (QED) is 0.896. The molecule has 0 saturated carbocycles. The first kappa shape index (κ1) is 13.8. The molecule has 2 heterocycles. The lowest BCUT2D eigenvalue weighted by Crippen LogP contribution is -2.17. The maximum absolute atomic E-state index is 12.7. The normalized spacial score (nSPS) is 11.3. The summed E-state index contributed by atoms with van der Waals surface area (Å²) in [5, 5.41) is 10.7. The van der Waals surface area contributed by atoms with Gasteiger partial charge < -0.3 is 14.8 Å². The van der Waals surface area contributed by atoms with E-state index >= 15 is 0 Å². The number of aromatic nitrogens is 2. The Labute approximate surface area is 110 Å². The lowest BCUT2D eigenvalue weighted by atomic mass is 10.2. The van der Waals surface area contributed by atoms with Gasteiger partial charge in [0.1, 0.15) is 12.2 Å². The van der Waals surface area contributed by atoms with Crippen molar-refractivity contribution in [2.75, 3.05) is 11.9 Å². The van der Waals surface area contributed by atoms with Crippen LogP contribution in [-0.2, 0) is 11.0 Å². The van der Waals surface area contributed by atoms with Gasteiger partial charge in [0.15, 0.2) is 11.5 Å². The van der Waals surface area contributed by atoms with Crippen LogP contribution in [0.15, 0.2) is 28.9 Å². The van der Waals surface area contributed by atoms with Gasteiger partial charge >= 0.3 is 12.1 Å². The summed E-state index contributed by atoms with van der Waals surface area (Å²) < 4.78 is 43.1. The highest BCUT2D eigenvalue weighted by molar-refractivity contribution is 5.72. The molecule has 0 bridgehead atoms. The van der Waals surface area contributed by atoms with Crippen LogP contribution in [-0.4, -0.2) is 27.6 Å². The molecule has 9 heteroatoms. The summed E-state index contributed by atoms with van der Waals surface area (Å²) in [5.41, 5.74) is -1.28. The highest BCUT2D eigenvalue weighted by Gasteiger charge is 2.34. The van der Waals surface area contributed by atoms with E-state index in [1.807, 2.05) is 0 Å². The van der Waals surface area contributed by atoms with Crippen LogP contribution in [0.25, 0.3) is 11.5 Å². The molecule has 0 fully saturated rings. The minimum absolute atomic E-state index is 0.0924. The minimum atomic E-state index is -4.68. The van der Waals surface area contributed by atoms with Crippen LogP contribution in [0.1, 0.15) is 5.69 Å². The average molecular weight is 287 g/mol. The number of rotatable bonds is 4. The van der Waals surface area contributed by atoms with E-state index < -0.39 is 30.3 Å². The molecular formula is C11H8F3N3O3. The summed E-state index contributed by atoms with van der Waals surface area (Å²) in [6, 6.07) is 3.66. The van der Waals surface area contributed by atoms with E-state index in [1.165, 1.54) is 18.4 Å². The molecule has 0 aliphatic heterocycles. The Morgan fingerprint density at radius 2 is 2.15 bits per heavy atom. The van der Waals surface area contributed by atoms with Crippen molar-refractivity contribution >= 4 is 11.9 Å². The van der Waals surface area contributed by atoms with Crippen molar-refractivity contribution in [3.8, 4) is 11.5 Å². The van der Waals surface area contributed by atoms with Crippen LogP contribution in [0.4, 0.5) is 19.1 Å². The third kappa shape index (κ3) is 3.25. The molecule has 0 aliphatic rings.